The van der Waals surface area contributed by atoms with Crippen LogP contribution in [-0.2, 0) is 4.74 Å². The van der Waals surface area contributed by atoms with E-state index < -0.39 is 0 Å². The smallest absolute Gasteiger partial charge is 0.103 e. The van der Waals surface area contributed by atoms with Gasteiger partial charge in [0.2, 0.25) is 0 Å². The van der Waals surface area contributed by atoms with Gasteiger partial charge in [-0.3, -0.25) is 0 Å². The lowest BCUT2D eigenvalue weighted by atomic mass is 9.89. The molecule has 0 aromatic rings. The first-order valence-corrected chi connectivity index (χ1v) is 7.16. The maximum Gasteiger partial charge on any atom is 0.103 e. The highest BCUT2D eigenvalue weighted by Crippen LogP contribution is 2.32. The van der Waals surface area contributed by atoms with Crippen molar-refractivity contribution in [2.24, 2.45) is 5.92 Å². The number of rotatable bonds is 2. The fourth-order valence-electron chi connectivity index (χ4n) is 2.40. The van der Waals surface area contributed by atoms with E-state index in [1.54, 1.807) is 0 Å². The Labute approximate surface area is 92.0 Å². The van der Waals surface area contributed by atoms with Crippen LogP contribution in [0.5, 0.6) is 0 Å². The van der Waals surface area contributed by atoms with Gasteiger partial charge >= 0.3 is 0 Å². The molecule has 1 atom stereocenters. The van der Waals surface area contributed by atoms with Gasteiger partial charge in [0.1, 0.15) is 5.44 Å². The summed E-state index contributed by atoms with van der Waals surface area (Å²) in [5.74, 6) is 2.25. The van der Waals surface area contributed by atoms with Crippen molar-refractivity contribution >= 4 is 11.8 Å². The molecule has 2 rings (SSSR count). The van der Waals surface area contributed by atoms with Crippen molar-refractivity contribution in [2.45, 2.75) is 63.4 Å². The molecule has 1 saturated heterocycles. The summed E-state index contributed by atoms with van der Waals surface area (Å²) in [5.41, 5.74) is 0.530. The summed E-state index contributed by atoms with van der Waals surface area (Å²) < 4.78 is 6.14. The normalized spacial score (nSPS) is 39.6. The van der Waals surface area contributed by atoms with E-state index in [0.717, 1.165) is 5.92 Å². The molecular formula is C12H22OS. The van der Waals surface area contributed by atoms with E-state index in [1.807, 2.05) is 11.8 Å². The minimum atomic E-state index is 0.530. The van der Waals surface area contributed by atoms with Crippen molar-refractivity contribution in [2.75, 3.05) is 5.75 Å². The molecule has 0 amide bonds. The number of hydrogen-bond donors (Lipinski definition) is 0. The number of ether oxygens (including phenoxy) is 1. The lowest BCUT2D eigenvalue weighted by molar-refractivity contribution is -0.000204. The standard InChI is InChI=1S/C12H22OS/c1-10-5-7-11(8-6-10)13-12-4-2-3-9-14-12/h10-12H,2-9H2,1H3. The molecule has 2 heteroatoms. The number of hydrogen-bond acceptors (Lipinski definition) is 2. The monoisotopic (exact) mass is 214 g/mol. The third-order valence-electron chi connectivity index (χ3n) is 3.45. The first-order valence-electron chi connectivity index (χ1n) is 6.11. The van der Waals surface area contributed by atoms with Crippen molar-refractivity contribution in [3.63, 3.8) is 0 Å². The van der Waals surface area contributed by atoms with Gasteiger partial charge in [-0.25, -0.2) is 0 Å². The molecular weight excluding hydrogens is 192 g/mol. The fraction of sp³-hybridized carbons (Fsp3) is 1.00. The SMILES string of the molecule is CC1CCC(OC2CCCCS2)CC1. The van der Waals surface area contributed by atoms with Crippen molar-refractivity contribution in [3.8, 4) is 0 Å². The summed E-state index contributed by atoms with van der Waals surface area (Å²) >= 11 is 2.04. The predicted octanol–water partition coefficient (Wildman–Crippen LogP) is 3.82. The highest BCUT2D eigenvalue weighted by Gasteiger charge is 2.23. The van der Waals surface area contributed by atoms with Crippen LogP contribution in [0, 0.1) is 5.92 Å². The van der Waals surface area contributed by atoms with Crippen LogP contribution in [0.15, 0.2) is 0 Å². The molecule has 2 aliphatic rings. The molecule has 0 bridgehead atoms. The predicted molar refractivity (Wildman–Crippen MR) is 62.6 cm³/mol. The lowest BCUT2D eigenvalue weighted by Crippen LogP contribution is -2.26. The average molecular weight is 214 g/mol. The highest BCUT2D eigenvalue weighted by molar-refractivity contribution is 7.99. The Morgan fingerprint density at radius 2 is 1.79 bits per heavy atom. The second-order valence-corrected chi connectivity index (χ2v) is 6.08. The second kappa shape index (κ2) is 5.41. The minimum Gasteiger partial charge on any atom is -0.364 e. The van der Waals surface area contributed by atoms with Gasteiger partial charge in [-0.2, -0.15) is 0 Å². The third kappa shape index (κ3) is 3.16. The van der Waals surface area contributed by atoms with Crippen LogP contribution in [0.25, 0.3) is 0 Å². The summed E-state index contributed by atoms with van der Waals surface area (Å²) in [6.45, 7) is 2.37. The van der Waals surface area contributed by atoms with E-state index in [2.05, 4.69) is 6.92 Å². The van der Waals surface area contributed by atoms with E-state index in [4.69, 9.17) is 4.74 Å². The topological polar surface area (TPSA) is 9.23 Å². The molecule has 0 aromatic carbocycles. The van der Waals surface area contributed by atoms with Gasteiger partial charge in [0.15, 0.2) is 0 Å². The van der Waals surface area contributed by atoms with Gasteiger partial charge in [0.05, 0.1) is 6.10 Å². The Bertz CT molecular complexity index is 158. The Hall–Kier alpha value is 0.310. The maximum absolute atomic E-state index is 6.14. The largest absolute Gasteiger partial charge is 0.364 e. The lowest BCUT2D eigenvalue weighted by Gasteiger charge is -2.31. The Morgan fingerprint density at radius 3 is 2.43 bits per heavy atom. The molecule has 2 fully saturated rings. The van der Waals surface area contributed by atoms with Crippen LogP contribution in [0.1, 0.15) is 51.9 Å². The maximum atomic E-state index is 6.14. The van der Waals surface area contributed by atoms with E-state index >= 15 is 0 Å². The van der Waals surface area contributed by atoms with Gasteiger partial charge in [-0.1, -0.05) is 6.92 Å². The summed E-state index contributed by atoms with van der Waals surface area (Å²) in [6.07, 6.45) is 10.0. The highest BCUT2D eigenvalue weighted by atomic mass is 32.2. The molecule has 1 aliphatic heterocycles. The van der Waals surface area contributed by atoms with Crippen molar-refractivity contribution in [3.05, 3.63) is 0 Å². The van der Waals surface area contributed by atoms with Gasteiger partial charge in [0.25, 0.3) is 0 Å². The van der Waals surface area contributed by atoms with Crippen LogP contribution in [0.3, 0.4) is 0 Å². The van der Waals surface area contributed by atoms with Crippen LogP contribution >= 0.6 is 11.8 Å². The fourth-order valence-corrected chi connectivity index (χ4v) is 3.60. The first-order chi connectivity index (χ1) is 6.84. The molecule has 0 spiro atoms. The zero-order valence-corrected chi connectivity index (χ0v) is 10.0. The average Bonchev–Trinajstić information content (AvgIpc) is 2.23. The molecule has 1 nitrogen and oxygen atoms in total. The Balaban J connectivity index is 1.68. The molecule has 0 radical (unpaired) electrons. The molecule has 0 aromatic heterocycles. The summed E-state index contributed by atoms with van der Waals surface area (Å²) in [6, 6.07) is 0. The summed E-state index contributed by atoms with van der Waals surface area (Å²) in [4.78, 5) is 0. The molecule has 1 aliphatic carbocycles. The van der Waals surface area contributed by atoms with E-state index in [0.29, 0.717) is 11.5 Å². The molecule has 1 saturated carbocycles. The zero-order chi connectivity index (χ0) is 9.80. The zero-order valence-electron chi connectivity index (χ0n) is 9.21. The van der Waals surface area contributed by atoms with E-state index in [1.165, 1.54) is 50.7 Å². The van der Waals surface area contributed by atoms with Crippen LogP contribution in [0.2, 0.25) is 0 Å². The van der Waals surface area contributed by atoms with E-state index in [-0.39, 0.29) is 0 Å². The molecule has 82 valence electrons. The summed E-state index contributed by atoms with van der Waals surface area (Å²) in [5, 5.41) is 0. The van der Waals surface area contributed by atoms with Crippen molar-refractivity contribution in [1.82, 2.24) is 0 Å². The van der Waals surface area contributed by atoms with Gasteiger partial charge < -0.3 is 4.74 Å². The molecule has 1 unspecified atom stereocenters. The third-order valence-corrected chi connectivity index (χ3v) is 4.69. The summed E-state index contributed by atoms with van der Waals surface area (Å²) in [7, 11) is 0. The van der Waals surface area contributed by atoms with Crippen LogP contribution < -0.4 is 0 Å². The van der Waals surface area contributed by atoms with Gasteiger partial charge in [0, 0.05) is 0 Å². The molecule has 1 heterocycles. The van der Waals surface area contributed by atoms with Gasteiger partial charge in [-0.05, 0) is 56.6 Å². The molecule has 14 heavy (non-hydrogen) atoms. The Morgan fingerprint density at radius 1 is 1.00 bits per heavy atom. The van der Waals surface area contributed by atoms with Crippen LogP contribution in [-0.4, -0.2) is 17.3 Å². The first kappa shape index (κ1) is 10.8. The Kier molecular flexibility index (Phi) is 4.18. The van der Waals surface area contributed by atoms with E-state index in [9.17, 15) is 0 Å². The van der Waals surface area contributed by atoms with Crippen molar-refractivity contribution in [1.29, 1.82) is 0 Å². The minimum absolute atomic E-state index is 0.530. The van der Waals surface area contributed by atoms with Gasteiger partial charge in [-0.15, -0.1) is 11.8 Å². The van der Waals surface area contributed by atoms with Crippen LogP contribution in [0.4, 0.5) is 0 Å². The van der Waals surface area contributed by atoms with Crippen molar-refractivity contribution < 1.29 is 4.74 Å². The quantitative estimate of drug-likeness (QED) is 0.691. The second-order valence-electron chi connectivity index (χ2n) is 4.81. The molecule has 0 N–H and O–H groups in total. The number of thioether (sulfide) groups is 1.